The number of methoxy groups -OCH3 is 1. The molecule has 0 unspecified atom stereocenters. The van der Waals surface area contributed by atoms with Gasteiger partial charge in [0.25, 0.3) is 11.8 Å². The van der Waals surface area contributed by atoms with Crippen molar-refractivity contribution in [2.24, 2.45) is 0 Å². The van der Waals surface area contributed by atoms with Crippen molar-refractivity contribution in [1.82, 2.24) is 4.90 Å². The van der Waals surface area contributed by atoms with Gasteiger partial charge in [0, 0.05) is 6.54 Å². The summed E-state index contributed by atoms with van der Waals surface area (Å²) in [4.78, 5) is 35.2. The molecule has 1 aliphatic rings. The van der Waals surface area contributed by atoms with Crippen LogP contribution in [0.1, 0.15) is 20.3 Å². The van der Waals surface area contributed by atoms with Gasteiger partial charge in [0.15, 0.2) is 6.10 Å². The lowest BCUT2D eigenvalue weighted by Gasteiger charge is -2.11. The highest BCUT2D eigenvalue weighted by molar-refractivity contribution is 6.16. The number of allylic oxidation sites excluding steroid dienone is 1. The zero-order valence-electron chi connectivity index (χ0n) is 10.0. The summed E-state index contributed by atoms with van der Waals surface area (Å²) in [7, 11) is 1.23. The Kier molecular flexibility index (Phi) is 4.01. The number of imide groups is 1. The predicted molar refractivity (Wildman–Crippen MR) is 57.7 cm³/mol. The molecule has 1 N–H and O–H groups in total. The van der Waals surface area contributed by atoms with Crippen molar-refractivity contribution in [2.75, 3.05) is 13.7 Å². The number of hydrogen-bond acceptors (Lipinski definition) is 5. The number of esters is 1. The number of hydrogen-bond donors (Lipinski definition) is 1. The second-order valence-electron chi connectivity index (χ2n) is 3.94. The standard InChI is InChI=1S/C11H15NO5/c1-6(2)8-9(14)11(16)12(10(8)15)5-4-7(13)17-3/h9,14H,4-5H2,1-3H3/t9-/m0/s1. The summed E-state index contributed by atoms with van der Waals surface area (Å²) in [5.74, 6) is -1.73. The minimum absolute atomic E-state index is 0.0712. The van der Waals surface area contributed by atoms with Gasteiger partial charge in [-0.1, -0.05) is 5.57 Å². The molecule has 1 rings (SSSR count). The Morgan fingerprint density at radius 1 is 1.41 bits per heavy atom. The zero-order valence-corrected chi connectivity index (χ0v) is 10.0. The van der Waals surface area contributed by atoms with Crippen molar-refractivity contribution in [3.8, 4) is 0 Å². The molecule has 1 fully saturated rings. The second kappa shape index (κ2) is 5.09. The average Bonchev–Trinajstić information content (AvgIpc) is 2.48. The van der Waals surface area contributed by atoms with Gasteiger partial charge in [-0.15, -0.1) is 0 Å². The van der Waals surface area contributed by atoms with Crippen LogP contribution in [0, 0.1) is 0 Å². The van der Waals surface area contributed by atoms with E-state index in [0.29, 0.717) is 5.57 Å². The van der Waals surface area contributed by atoms with Crippen molar-refractivity contribution in [3.63, 3.8) is 0 Å². The molecule has 1 saturated heterocycles. The van der Waals surface area contributed by atoms with Crippen LogP contribution in [0.15, 0.2) is 11.1 Å². The molecule has 17 heavy (non-hydrogen) atoms. The summed E-state index contributed by atoms with van der Waals surface area (Å²) < 4.78 is 4.42. The lowest BCUT2D eigenvalue weighted by molar-refractivity contribution is -0.144. The minimum Gasteiger partial charge on any atom is -0.469 e. The third kappa shape index (κ3) is 2.52. The molecule has 2 amide bonds. The molecule has 1 aliphatic heterocycles. The van der Waals surface area contributed by atoms with Crippen LogP contribution in [0.4, 0.5) is 0 Å². The van der Waals surface area contributed by atoms with Crippen LogP contribution in [0.2, 0.25) is 0 Å². The van der Waals surface area contributed by atoms with Gasteiger partial charge in [-0.2, -0.15) is 0 Å². The van der Waals surface area contributed by atoms with E-state index in [2.05, 4.69) is 4.74 Å². The molecule has 1 heterocycles. The van der Waals surface area contributed by atoms with Crippen LogP contribution in [0.25, 0.3) is 0 Å². The second-order valence-corrected chi connectivity index (χ2v) is 3.94. The Balaban J connectivity index is 2.83. The third-order valence-electron chi connectivity index (χ3n) is 2.55. The number of likely N-dealkylation sites (tertiary alicyclic amines) is 1. The number of ether oxygens (including phenoxy) is 1. The van der Waals surface area contributed by atoms with Crippen molar-refractivity contribution in [3.05, 3.63) is 11.1 Å². The van der Waals surface area contributed by atoms with Crippen molar-refractivity contribution >= 4 is 17.8 Å². The molecule has 0 spiro atoms. The Hall–Kier alpha value is -1.69. The Morgan fingerprint density at radius 2 is 2.00 bits per heavy atom. The van der Waals surface area contributed by atoms with Gasteiger partial charge < -0.3 is 9.84 Å². The fourth-order valence-corrected chi connectivity index (χ4v) is 1.64. The summed E-state index contributed by atoms with van der Waals surface area (Å²) in [5, 5.41) is 9.61. The first kappa shape index (κ1) is 13.4. The van der Waals surface area contributed by atoms with Gasteiger partial charge >= 0.3 is 5.97 Å². The highest BCUT2D eigenvalue weighted by Crippen LogP contribution is 2.22. The first-order chi connectivity index (χ1) is 7.90. The van der Waals surface area contributed by atoms with E-state index in [-0.39, 0.29) is 18.5 Å². The molecule has 0 aliphatic carbocycles. The molecule has 6 heteroatoms. The molecule has 0 aromatic rings. The van der Waals surface area contributed by atoms with Gasteiger partial charge in [-0.3, -0.25) is 19.3 Å². The van der Waals surface area contributed by atoms with Crippen LogP contribution in [0.5, 0.6) is 0 Å². The summed E-state index contributed by atoms with van der Waals surface area (Å²) in [5.41, 5.74) is 0.691. The summed E-state index contributed by atoms with van der Waals surface area (Å²) in [6.07, 6.45) is -1.48. The molecule has 1 atom stereocenters. The number of nitrogens with zero attached hydrogens (tertiary/aromatic N) is 1. The minimum atomic E-state index is -1.41. The number of aliphatic hydroxyl groups is 1. The first-order valence-corrected chi connectivity index (χ1v) is 5.18. The van der Waals surface area contributed by atoms with Gasteiger partial charge in [-0.05, 0) is 13.8 Å². The molecule has 0 aromatic heterocycles. The van der Waals surface area contributed by atoms with Gasteiger partial charge in [0.2, 0.25) is 0 Å². The number of amides is 2. The largest absolute Gasteiger partial charge is 0.469 e. The molecule has 0 bridgehead atoms. The Bertz CT molecular complexity index is 395. The van der Waals surface area contributed by atoms with E-state index in [1.54, 1.807) is 13.8 Å². The number of carbonyl (C=O) groups is 3. The van der Waals surface area contributed by atoms with Crippen LogP contribution >= 0.6 is 0 Å². The predicted octanol–water partition coefficient (Wildman–Crippen LogP) is -0.384. The highest BCUT2D eigenvalue weighted by Gasteiger charge is 2.42. The average molecular weight is 241 g/mol. The van der Waals surface area contributed by atoms with Gasteiger partial charge in [0.05, 0.1) is 19.1 Å². The van der Waals surface area contributed by atoms with Crippen molar-refractivity contribution < 1.29 is 24.2 Å². The topological polar surface area (TPSA) is 83.9 Å². The first-order valence-electron chi connectivity index (χ1n) is 5.18. The molecule has 0 saturated carbocycles. The summed E-state index contributed by atoms with van der Waals surface area (Å²) >= 11 is 0. The maximum absolute atomic E-state index is 11.8. The van der Waals surface area contributed by atoms with E-state index >= 15 is 0 Å². The van der Waals surface area contributed by atoms with Crippen LogP contribution in [-0.2, 0) is 19.1 Å². The lowest BCUT2D eigenvalue weighted by Crippen LogP contribution is -2.34. The summed E-state index contributed by atoms with van der Waals surface area (Å²) in [6.45, 7) is 3.22. The zero-order chi connectivity index (χ0) is 13.2. The normalized spacial score (nSPS) is 19.9. The highest BCUT2D eigenvalue weighted by atomic mass is 16.5. The fraction of sp³-hybridized carbons (Fsp3) is 0.545. The molecule has 0 radical (unpaired) electrons. The number of rotatable bonds is 3. The Labute approximate surface area is 98.8 Å². The fourth-order valence-electron chi connectivity index (χ4n) is 1.64. The maximum atomic E-state index is 11.8. The van der Waals surface area contributed by atoms with Crippen LogP contribution in [-0.4, -0.2) is 47.5 Å². The lowest BCUT2D eigenvalue weighted by atomic mass is 10.1. The molecule has 0 aromatic carbocycles. The van der Waals surface area contributed by atoms with E-state index in [1.165, 1.54) is 7.11 Å². The molecule has 6 nitrogen and oxygen atoms in total. The maximum Gasteiger partial charge on any atom is 0.307 e. The van der Waals surface area contributed by atoms with Crippen LogP contribution < -0.4 is 0 Å². The SMILES string of the molecule is COC(=O)CCN1C(=O)C(=C(C)C)[C@H](O)C1=O. The molecule has 94 valence electrons. The smallest absolute Gasteiger partial charge is 0.307 e. The molecular formula is C11H15NO5. The van der Waals surface area contributed by atoms with E-state index in [1.807, 2.05) is 0 Å². The van der Waals surface area contributed by atoms with E-state index in [9.17, 15) is 19.5 Å². The summed E-state index contributed by atoms with van der Waals surface area (Å²) in [6, 6.07) is 0. The van der Waals surface area contributed by atoms with E-state index in [4.69, 9.17) is 0 Å². The van der Waals surface area contributed by atoms with Crippen LogP contribution in [0.3, 0.4) is 0 Å². The van der Waals surface area contributed by atoms with Crippen molar-refractivity contribution in [1.29, 1.82) is 0 Å². The Morgan fingerprint density at radius 3 is 2.41 bits per heavy atom. The van der Waals surface area contributed by atoms with E-state index < -0.39 is 23.9 Å². The van der Waals surface area contributed by atoms with E-state index in [0.717, 1.165) is 4.90 Å². The van der Waals surface area contributed by atoms with Gasteiger partial charge in [-0.25, -0.2) is 0 Å². The quantitative estimate of drug-likeness (QED) is 0.413. The van der Waals surface area contributed by atoms with Crippen molar-refractivity contribution in [2.45, 2.75) is 26.4 Å². The number of aliphatic hydroxyl groups excluding tert-OH is 1. The molecular weight excluding hydrogens is 226 g/mol. The monoisotopic (exact) mass is 241 g/mol. The number of carbonyl (C=O) groups excluding carboxylic acids is 3. The third-order valence-corrected chi connectivity index (χ3v) is 2.55. The van der Waals surface area contributed by atoms with Gasteiger partial charge in [0.1, 0.15) is 0 Å².